The standard InChI is InChI=1S/C15H13BrN2OS/c16-14-3-1-8-18-15(14)20-10-2-9-19-13-6-4-12(11-17)5-7-13/h1,3-8H,2,9-10H2. The van der Waals surface area contributed by atoms with Gasteiger partial charge >= 0.3 is 0 Å². The maximum atomic E-state index is 8.70. The molecule has 5 heteroatoms. The minimum absolute atomic E-state index is 0.646. The molecule has 0 radical (unpaired) electrons. The van der Waals surface area contributed by atoms with E-state index in [0.717, 1.165) is 27.4 Å². The van der Waals surface area contributed by atoms with Crippen molar-refractivity contribution < 1.29 is 4.74 Å². The van der Waals surface area contributed by atoms with Crippen LogP contribution in [0, 0.1) is 11.3 Å². The highest BCUT2D eigenvalue weighted by Crippen LogP contribution is 2.25. The molecule has 102 valence electrons. The van der Waals surface area contributed by atoms with Crippen molar-refractivity contribution in [1.82, 2.24) is 4.98 Å². The first-order chi connectivity index (χ1) is 9.79. The van der Waals surface area contributed by atoms with Crippen LogP contribution in [0.2, 0.25) is 0 Å². The van der Waals surface area contributed by atoms with Crippen molar-refractivity contribution >= 4 is 27.7 Å². The lowest BCUT2D eigenvalue weighted by Crippen LogP contribution is -1.99. The fourth-order valence-electron chi connectivity index (χ4n) is 1.52. The maximum absolute atomic E-state index is 8.70. The van der Waals surface area contributed by atoms with Gasteiger partial charge in [0.2, 0.25) is 0 Å². The predicted octanol–water partition coefficient (Wildman–Crippen LogP) is 4.28. The van der Waals surface area contributed by atoms with Crippen LogP contribution >= 0.6 is 27.7 Å². The summed E-state index contributed by atoms with van der Waals surface area (Å²) in [5.41, 5.74) is 0.646. The fraction of sp³-hybridized carbons (Fsp3) is 0.200. The van der Waals surface area contributed by atoms with E-state index in [1.165, 1.54) is 0 Å². The van der Waals surface area contributed by atoms with Gasteiger partial charge in [0.25, 0.3) is 0 Å². The van der Waals surface area contributed by atoms with Crippen LogP contribution in [0.3, 0.4) is 0 Å². The van der Waals surface area contributed by atoms with Crippen molar-refractivity contribution in [1.29, 1.82) is 5.26 Å². The molecule has 1 aromatic heterocycles. The Hall–Kier alpha value is -1.51. The van der Waals surface area contributed by atoms with Crippen molar-refractivity contribution in [2.45, 2.75) is 11.4 Å². The molecule has 0 aliphatic rings. The Labute approximate surface area is 131 Å². The second-order valence-corrected chi connectivity index (χ2v) is 5.91. The SMILES string of the molecule is N#Cc1ccc(OCCCSc2ncccc2Br)cc1. The molecule has 1 heterocycles. The van der Waals surface area contributed by atoms with Gasteiger partial charge in [0.05, 0.1) is 18.2 Å². The van der Waals surface area contributed by atoms with Gasteiger partial charge < -0.3 is 4.74 Å². The summed E-state index contributed by atoms with van der Waals surface area (Å²) < 4.78 is 6.64. The summed E-state index contributed by atoms with van der Waals surface area (Å²) in [6.07, 6.45) is 2.73. The van der Waals surface area contributed by atoms with E-state index < -0.39 is 0 Å². The third-order valence-electron chi connectivity index (χ3n) is 2.50. The topological polar surface area (TPSA) is 45.9 Å². The fourth-order valence-corrected chi connectivity index (χ4v) is 2.92. The van der Waals surface area contributed by atoms with Crippen LogP contribution in [0.15, 0.2) is 52.1 Å². The molecule has 2 aromatic rings. The van der Waals surface area contributed by atoms with Crippen molar-refractivity contribution in [2.24, 2.45) is 0 Å². The van der Waals surface area contributed by atoms with E-state index in [9.17, 15) is 0 Å². The Kier molecular flexibility index (Phi) is 5.90. The molecule has 0 aliphatic heterocycles. The molecule has 0 bridgehead atoms. The van der Waals surface area contributed by atoms with Gasteiger partial charge in [-0.3, -0.25) is 0 Å². The summed E-state index contributed by atoms with van der Waals surface area (Å²) >= 11 is 5.18. The largest absolute Gasteiger partial charge is 0.494 e. The summed E-state index contributed by atoms with van der Waals surface area (Å²) in [7, 11) is 0. The quantitative estimate of drug-likeness (QED) is 0.577. The second-order valence-electron chi connectivity index (χ2n) is 3.98. The van der Waals surface area contributed by atoms with E-state index in [1.54, 1.807) is 30.1 Å². The first kappa shape index (κ1) is 14.9. The summed E-state index contributed by atoms with van der Waals surface area (Å²) in [5.74, 6) is 1.75. The molecule has 0 N–H and O–H groups in total. The van der Waals surface area contributed by atoms with Crippen LogP contribution in [-0.4, -0.2) is 17.3 Å². The molecule has 2 rings (SSSR count). The van der Waals surface area contributed by atoms with Crippen LogP contribution in [0.25, 0.3) is 0 Å². The summed E-state index contributed by atoms with van der Waals surface area (Å²) in [5, 5.41) is 9.71. The molecule has 20 heavy (non-hydrogen) atoms. The maximum Gasteiger partial charge on any atom is 0.119 e. The number of halogens is 1. The van der Waals surface area contributed by atoms with Crippen molar-refractivity contribution in [3.05, 3.63) is 52.6 Å². The van der Waals surface area contributed by atoms with E-state index >= 15 is 0 Å². The highest BCUT2D eigenvalue weighted by atomic mass is 79.9. The highest BCUT2D eigenvalue weighted by molar-refractivity contribution is 9.10. The van der Waals surface area contributed by atoms with Gasteiger partial charge in [-0.1, -0.05) is 0 Å². The molecular weight excluding hydrogens is 336 g/mol. The van der Waals surface area contributed by atoms with Gasteiger partial charge in [0, 0.05) is 16.4 Å². The van der Waals surface area contributed by atoms with Crippen molar-refractivity contribution in [2.75, 3.05) is 12.4 Å². The Bertz CT molecular complexity index is 596. The monoisotopic (exact) mass is 348 g/mol. The number of benzene rings is 1. The number of hydrogen-bond donors (Lipinski definition) is 0. The first-order valence-electron chi connectivity index (χ1n) is 6.16. The number of nitrogens with zero attached hydrogens (tertiary/aromatic N) is 2. The Balaban J connectivity index is 1.69. The zero-order valence-electron chi connectivity index (χ0n) is 10.8. The molecule has 0 spiro atoms. The summed E-state index contributed by atoms with van der Waals surface area (Å²) in [4.78, 5) is 4.30. The average Bonchev–Trinajstić information content (AvgIpc) is 2.49. The lowest BCUT2D eigenvalue weighted by atomic mass is 10.2. The molecule has 3 nitrogen and oxygen atoms in total. The molecular formula is C15H13BrN2OS. The van der Waals surface area contributed by atoms with Gasteiger partial charge in [-0.25, -0.2) is 4.98 Å². The third-order valence-corrected chi connectivity index (χ3v) is 4.50. The minimum atomic E-state index is 0.646. The lowest BCUT2D eigenvalue weighted by Gasteiger charge is -2.06. The second kappa shape index (κ2) is 7.93. The first-order valence-corrected chi connectivity index (χ1v) is 7.94. The van der Waals surface area contributed by atoms with Gasteiger partial charge in [0.15, 0.2) is 0 Å². The number of thioether (sulfide) groups is 1. The molecule has 0 saturated carbocycles. The van der Waals surface area contributed by atoms with E-state index in [1.807, 2.05) is 24.3 Å². The van der Waals surface area contributed by atoms with E-state index in [4.69, 9.17) is 10.00 Å². The van der Waals surface area contributed by atoms with Gasteiger partial charge in [-0.15, -0.1) is 11.8 Å². The van der Waals surface area contributed by atoms with Crippen LogP contribution in [0.4, 0.5) is 0 Å². The van der Waals surface area contributed by atoms with Gasteiger partial charge in [0.1, 0.15) is 10.8 Å². The highest BCUT2D eigenvalue weighted by Gasteiger charge is 2.01. The molecule has 1 aromatic carbocycles. The normalized spacial score (nSPS) is 10.0. The predicted molar refractivity (Wildman–Crippen MR) is 83.9 cm³/mol. The van der Waals surface area contributed by atoms with Crippen molar-refractivity contribution in [3.63, 3.8) is 0 Å². The van der Waals surface area contributed by atoms with Crippen molar-refractivity contribution in [3.8, 4) is 11.8 Å². The number of rotatable bonds is 6. The number of aromatic nitrogens is 1. The molecule has 0 fully saturated rings. The smallest absolute Gasteiger partial charge is 0.119 e. The average molecular weight is 349 g/mol. The minimum Gasteiger partial charge on any atom is -0.494 e. The van der Waals surface area contributed by atoms with Gasteiger partial charge in [-0.05, 0) is 58.7 Å². The Morgan fingerprint density at radius 2 is 2.05 bits per heavy atom. The molecule has 0 saturated heterocycles. The van der Waals surface area contributed by atoms with Crippen LogP contribution in [-0.2, 0) is 0 Å². The zero-order chi connectivity index (χ0) is 14.2. The summed E-state index contributed by atoms with van der Waals surface area (Å²) in [6.45, 7) is 0.656. The van der Waals surface area contributed by atoms with Crippen LogP contribution < -0.4 is 4.74 Å². The molecule has 0 amide bonds. The number of nitriles is 1. The number of hydrogen-bond acceptors (Lipinski definition) is 4. The summed E-state index contributed by atoms with van der Waals surface area (Å²) in [6, 6.07) is 13.1. The van der Waals surface area contributed by atoms with Crippen LogP contribution in [0.1, 0.15) is 12.0 Å². The molecule has 0 aliphatic carbocycles. The van der Waals surface area contributed by atoms with E-state index in [-0.39, 0.29) is 0 Å². The van der Waals surface area contributed by atoms with E-state index in [0.29, 0.717) is 12.2 Å². The zero-order valence-corrected chi connectivity index (χ0v) is 13.2. The Morgan fingerprint density at radius 1 is 1.25 bits per heavy atom. The Morgan fingerprint density at radius 3 is 2.75 bits per heavy atom. The molecule has 0 atom stereocenters. The lowest BCUT2D eigenvalue weighted by molar-refractivity contribution is 0.318. The van der Waals surface area contributed by atoms with Gasteiger partial charge in [-0.2, -0.15) is 5.26 Å². The number of ether oxygens (including phenoxy) is 1. The van der Waals surface area contributed by atoms with Crippen LogP contribution in [0.5, 0.6) is 5.75 Å². The molecule has 0 unspecified atom stereocenters. The third kappa shape index (κ3) is 4.55. The number of pyridine rings is 1. The van der Waals surface area contributed by atoms with E-state index in [2.05, 4.69) is 27.0 Å².